The summed E-state index contributed by atoms with van der Waals surface area (Å²) in [4.78, 5) is 37.9. The van der Waals surface area contributed by atoms with Crippen molar-refractivity contribution in [1.82, 2.24) is 0 Å². The van der Waals surface area contributed by atoms with Gasteiger partial charge in [-0.05, 0) is 44.0 Å². The van der Waals surface area contributed by atoms with Crippen molar-refractivity contribution in [2.75, 3.05) is 10.2 Å². The van der Waals surface area contributed by atoms with Gasteiger partial charge in [0.15, 0.2) is 5.78 Å². The smallest absolute Gasteiger partial charge is 0.227 e. The van der Waals surface area contributed by atoms with E-state index in [-0.39, 0.29) is 23.6 Å². The van der Waals surface area contributed by atoms with Gasteiger partial charge >= 0.3 is 0 Å². The number of hydrogen-bond donors (Lipinski definition) is 1. The van der Waals surface area contributed by atoms with E-state index in [1.165, 1.54) is 0 Å². The number of amides is 2. The first-order valence-electron chi connectivity index (χ1n) is 9.35. The fourth-order valence-corrected chi connectivity index (χ4v) is 3.33. The molecule has 140 valence electrons. The predicted molar refractivity (Wildman–Crippen MR) is 106 cm³/mol. The summed E-state index contributed by atoms with van der Waals surface area (Å²) in [6, 6.07) is 16.6. The summed E-state index contributed by atoms with van der Waals surface area (Å²) in [6.07, 6.45) is 2.62. The van der Waals surface area contributed by atoms with E-state index in [0.29, 0.717) is 36.9 Å². The molecule has 2 aromatic rings. The fourth-order valence-electron chi connectivity index (χ4n) is 3.33. The second-order valence-corrected chi connectivity index (χ2v) is 6.89. The summed E-state index contributed by atoms with van der Waals surface area (Å²) in [5.74, 6) is 0.0775. The Morgan fingerprint density at radius 2 is 1.74 bits per heavy atom. The summed E-state index contributed by atoms with van der Waals surface area (Å²) in [6.45, 7) is 2.04. The van der Waals surface area contributed by atoms with E-state index in [0.717, 1.165) is 12.1 Å². The molecule has 0 aromatic heterocycles. The average Bonchev–Trinajstić information content (AvgIpc) is 3.01. The van der Waals surface area contributed by atoms with Crippen LogP contribution in [-0.2, 0) is 9.59 Å². The molecule has 0 unspecified atom stereocenters. The molecule has 1 aliphatic rings. The number of nitrogens with one attached hydrogen (secondary N) is 1. The van der Waals surface area contributed by atoms with Gasteiger partial charge in [-0.2, -0.15) is 0 Å². The van der Waals surface area contributed by atoms with Crippen molar-refractivity contribution in [3.8, 4) is 0 Å². The zero-order chi connectivity index (χ0) is 19.2. The summed E-state index contributed by atoms with van der Waals surface area (Å²) in [5, 5.41) is 2.84. The van der Waals surface area contributed by atoms with Crippen LogP contribution in [0.2, 0.25) is 0 Å². The number of anilines is 2. The molecule has 2 amide bonds. The molecule has 0 aliphatic carbocycles. The molecule has 1 heterocycles. The Morgan fingerprint density at radius 3 is 2.37 bits per heavy atom. The lowest BCUT2D eigenvalue weighted by atomic mass is 10.1. The third-order valence-corrected chi connectivity index (χ3v) is 4.82. The van der Waals surface area contributed by atoms with Crippen LogP contribution in [0, 0.1) is 0 Å². The van der Waals surface area contributed by atoms with Crippen molar-refractivity contribution in [3.05, 3.63) is 60.2 Å². The van der Waals surface area contributed by atoms with Crippen LogP contribution in [0.4, 0.5) is 11.4 Å². The van der Waals surface area contributed by atoms with Crippen molar-refractivity contribution in [2.45, 2.75) is 45.1 Å². The molecule has 27 heavy (non-hydrogen) atoms. The van der Waals surface area contributed by atoms with Crippen molar-refractivity contribution in [2.24, 2.45) is 0 Å². The van der Waals surface area contributed by atoms with Gasteiger partial charge in [0, 0.05) is 42.2 Å². The first kappa shape index (κ1) is 18.8. The van der Waals surface area contributed by atoms with Gasteiger partial charge in [-0.25, -0.2) is 0 Å². The normalized spacial score (nSPS) is 16.4. The summed E-state index contributed by atoms with van der Waals surface area (Å²) in [7, 11) is 0. The van der Waals surface area contributed by atoms with E-state index in [9.17, 15) is 14.4 Å². The molecule has 0 saturated carbocycles. The van der Waals surface area contributed by atoms with Crippen molar-refractivity contribution in [3.63, 3.8) is 0 Å². The highest BCUT2D eigenvalue weighted by atomic mass is 16.2. The van der Waals surface area contributed by atoms with E-state index in [1.807, 2.05) is 37.3 Å². The number of nitrogens with zero attached hydrogens (tertiary/aromatic N) is 1. The Kier molecular flexibility index (Phi) is 6.01. The van der Waals surface area contributed by atoms with Gasteiger partial charge < -0.3 is 10.2 Å². The van der Waals surface area contributed by atoms with Crippen LogP contribution in [0.5, 0.6) is 0 Å². The molecule has 0 bridgehead atoms. The Balaban J connectivity index is 1.47. The molecule has 2 aromatic carbocycles. The average molecular weight is 364 g/mol. The monoisotopic (exact) mass is 364 g/mol. The molecule has 1 fully saturated rings. The zero-order valence-corrected chi connectivity index (χ0v) is 15.5. The van der Waals surface area contributed by atoms with Crippen molar-refractivity contribution >= 4 is 29.0 Å². The van der Waals surface area contributed by atoms with Crippen LogP contribution in [0.25, 0.3) is 0 Å². The van der Waals surface area contributed by atoms with Gasteiger partial charge in [0.1, 0.15) is 0 Å². The zero-order valence-electron chi connectivity index (χ0n) is 15.5. The minimum Gasteiger partial charge on any atom is -0.326 e. The quantitative estimate of drug-likeness (QED) is 0.749. The number of rotatable bonds is 7. The molecular weight excluding hydrogens is 340 g/mol. The Labute approximate surface area is 159 Å². The molecule has 5 heteroatoms. The topological polar surface area (TPSA) is 66.5 Å². The molecule has 1 atom stereocenters. The van der Waals surface area contributed by atoms with Crippen LogP contribution in [0.1, 0.15) is 49.4 Å². The standard InChI is InChI=1S/C22H24N2O3/c1-16-10-15-22(27)24(16)19-13-11-18(12-14-19)23-21(26)9-5-8-20(25)17-6-3-2-4-7-17/h2-4,6-7,11-14,16H,5,8-10,15H2,1H3,(H,23,26)/t16-/m0/s1. The van der Waals surface area contributed by atoms with Gasteiger partial charge in [-0.3, -0.25) is 14.4 Å². The highest BCUT2D eigenvalue weighted by molar-refractivity contribution is 5.97. The maximum absolute atomic E-state index is 12.1. The number of ketones is 1. The minimum absolute atomic E-state index is 0.0529. The molecule has 3 rings (SSSR count). The van der Waals surface area contributed by atoms with Crippen LogP contribution in [0.3, 0.4) is 0 Å². The first-order valence-corrected chi connectivity index (χ1v) is 9.35. The lowest BCUT2D eigenvalue weighted by Crippen LogP contribution is -2.30. The summed E-state index contributed by atoms with van der Waals surface area (Å²) in [5.41, 5.74) is 2.23. The predicted octanol–water partition coefficient (Wildman–Crippen LogP) is 4.19. The number of carbonyl (C=O) groups excluding carboxylic acids is 3. The van der Waals surface area contributed by atoms with E-state index in [4.69, 9.17) is 0 Å². The third kappa shape index (κ3) is 4.82. The van der Waals surface area contributed by atoms with Gasteiger partial charge in [-0.1, -0.05) is 30.3 Å². The second-order valence-electron chi connectivity index (χ2n) is 6.89. The fraction of sp³-hybridized carbons (Fsp3) is 0.318. The SMILES string of the molecule is C[C@H]1CCC(=O)N1c1ccc(NC(=O)CCCC(=O)c2ccccc2)cc1. The van der Waals surface area contributed by atoms with Gasteiger partial charge in [0.25, 0.3) is 0 Å². The van der Waals surface area contributed by atoms with E-state index >= 15 is 0 Å². The van der Waals surface area contributed by atoms with Crippen LogP contribution in [0.15, 0.2) is 54.6 Å². The van der Waals surface area contributed by atoms with E-state index in [1.54, 1.807) is 29.2 Å². The highest BCUT2D eigenvalue weighted by Gasteiger charge is 2.28. The third-order valence-electron chi connectivity index (χ3n) is 4.82. The Morgan fingerprint density at radius 1 is 1.04 bits per heavy atom. The summed E-state index contributed by atoms with van der Waals surface area (Å²) >= 11 is 0. The maximum atomic E-state index is 12.1. The Hall–Kier alpha value is -2.95. The first-order chi connectivity index (χ1) is 13.0. The largest absolute Gasteiger partial charge is 0.326 e. The van der Waals surface area contributed by atoms with Crippen molar-refractivity contribution < 1.29 is 14.4 Å². The lowest BCUT2D eigenvalue weighted by Gasteiger charge is -2.21. The molecule has 5 nitrogen and oxygen atoms in total. The Bertz CT molecular complexity index is 815. The maximum Gasteiger partial charge on any atom is 0.227 e. The van der Waals surface area contributed by atoms with E-state index < -0.39 is 0 Å². The number of hydrogen-bond acceptors (Lipinski definition) is 3. The molecule has 1 aliphatic heterocycles. The van der Waals surface area contributed by atoms with E-state index in [2.05, 4.69) is 5.32 Å². The molecule has 0 spiro atoms. The summed E-state index contributed by atoms with van der Waals surface area (Å²) < 4.78 is 0. The molecular formula is C22H24N2O3. The minimum atomic E-state index is -0.116. The number of Topliss-reactive ketones (excluding diaryl/α,β-unsaturated/α-hetero) is 1. The number of carbonyl (C=O) groups is 3. The van der Waals surface area contributed by atoms with Crippen molar-refractivity contribution in [1.29, 1.82) is 0 Å². The van der Waals surface area contributed by atoms with Gasteiger partial charge in [-0.15, -0.1) is 0 Å². The number of benzene rings is 2. The molecule has 0 radical (unpaired) electrons. The molecule has 1 N–H and O–H groups in total. The van der Waals surface area contributed by atoms with Crippen LogP contribution >= 0.6 is 0 Å². The van der Waals surface area contributed by atoms with Gasteiger partial charge in [0.2, 0.25) is 11.8 Å². The van der Waals surface area contributed by atoms with Crippen LogP contribution in [-0.4, -0.2) is 23.6 Å². The van der Waals surface area contributed by atoms with Crippen LogP contribution < -0.4 is 10.2 Å². The molecule has 1 saturated heterocycles. The lowest BCUT2D eigenvalue weighted by molar-refractivity contribution is -0.117. The second kappa shape index (κ2) is 8.62. The van der Waals surface area contributed by atoms with Gasteiger partial charge in [0.05, 0.1) is 0 Å². The highest BCUT2D eigenvalue weighted by Crippen LogP contribution is 2.27.